The fourth-order valence-corrected chi connectivity index (χ4v) is 1.61. The van der Waals surface area contributed by atoms with Gasteiger partial charge in [0.05, 0.1) is 19.8 Å². The largest absolute Gasteiger partial charge is 0.504 e. The van der Waals surface area contributed by atoms with Crippen molar-refractivity contribution in [1.29, 1.82) is 0 Å². The van der Waals surface area contributed by atoms with Crippen LogP contribution in [0.15, 0.2) is 18.2 Å². The van der Waals surface area contributed by atoms with E-state index in [1.165, 1.54) is 7.11 Å². The smallest absolute Gasteiger partial charge is 0.160 e. The molecule has 18 heavy (non-hydrogen) atoms. The van der Waals surface area contributed by atoms with E-state index in [0.717, 1.165) is 5.56 Å². The molecule has 0 saturated carbocycles. The zero-order valence-corrected chi connectivity index (χ0v) is 11.1. The lowest BCUT2D eigenvalue weighted by atomic mass is 10.2. The number of methoxy groups -OCH3 is 3. The van der Waals surface area contributed by atoms with Gasteiger partial charge in [-0.15, -0.1) is 0 Å². The molecule has 5 heteroatoms. The zero-order chi connectivity index (χ0) is 13.4. The molecular weight excluding hydrogens is 234 g/mol. The van der Waals surface area contributed by atoms with Gasteiger partial charge in [0, 0.05) is 27.3 Å². The van der Waals surface area contributed by atoms with Crippen LogP contribution in [0, 0.1) is 0 Å². The van der Waals surface area contributed by atoms with Gasteiger partial charge in [-0.2, -0.15) is 0 Å². The summed E-state index contributed by atoms with van der Waals surface area (Å²) in [6.45, 7) is 1.94. The molecule has 0 aliphatic rings. The fraction of sp³-hybridized carbons (Fsp3) is 0.538. The summed E-state index contributed by atoms with van der Waals surface area (Å²) in [7, 11) is 4.84. The highest BCUT2D eigenvalue weighted by Gasteiger charge is 2.07. The Balaban J connectivity index is 2.43. The second-order valence-corrected chi connectivity index (χ2v) is 3.95. The van der Waals surface area contributed by atoms with E-state index >= 15 is 0 Å². The summed E-state index contributed by atoms with van der Waals surface area (Å²) in [6.07, 6.45) is 0.0361. The van der Waals surface area contributed by atoms with Crippen LogP contribution in [0.5, 0.6) is 11.5 Å². The molecule has 102 valence electrons. The summed E-state index contributed by atoms with van der Waals surface area (Å²) in [4.78, 5) is 0. The van der Waals surface area contributed by atoms with Gasteiger partial charge in [-0.05, 0) is 17.7 Å². The Labute approximate surface area is 108 Å². The third-order valence-electron chi connectivity index (χ3n) is 2.63. The number of rotatable bonds is 8. The predicted octanol–water partition coefficient (Wildman–Crippen LogP) is 1.15. The van der Waals surface area contributed by atoms with Crippen LogP contribution in [0.3, 0.4) is 0 Å². The first-order chi connectivity index (χ1) is 8.71. The van der Waals surface area contributed by atoms with Crippen LogP contribution in [0.2, 0.25) is 0 Å². The molecule has 1 rings (SSSR count). The van der Waals surface area contributed by atoms with Crippen molar-refractivity contribution >= 4 is 0 Å². The molecule has 1 aromatic rings. The highest BCUT2D eigenvalue weighted by Crippen LogP contribution is 2.26. The van der Waals surface area contributed by atoms with Crippen LogP contribution in [0.25, 0.3) is 0 Å². The summed E-state index contributed by atoms with van der Waals surface area (Å²) in [6, 6.07) is 5.28. The van der Waals surface area contributed by atoms with Crippen molar-refractivity contribution in [2.75, 3.05) is 34.5 Å². The molecule has 0 radical (unpaired) electrons. The number of phenols is 1. The Morgan fingerprint density at radius 2 is 2.06 bits per heavy atom. The van der Waals surface area contributed by atoms with E-state index < -0.39 is 0 Å². The Bertz CT molecular complexity index is 357. The SMILES string of the molecule is COCC(CNCc1ccc(O)c(OC)c1)OC. The molecule has 5 nitrogen and oxygen atoms in total. The molecule has 0 bridgehead atoms. The van der Waals surface area contributed by atoms with E-state index in [1.807, 2.05) is 6.07 Å². The zero-order valence-electron chi connectivity index (χ0n) is 11.1. The summed E-state index contributed by atoms with van der Waals surface area (Å²) in [5.74, 6) is 0.630. The first-order valence-electron chi connectivity index (χ1n) is 5.79. The van der Waals surface area contributed by atoms with Crippen molar-refractivity contribution in [3.05, 3.63) is 23.8 Å². The number of hydrogen-bond donors (Lipinski definition) is 2. The molecule has 1 aromatic carbocycles. The Kier molecular flexibility index (Phi) is 6.49. The van der Waals surface area contributed by atoms with Crippen molar-refractivity contribution in [3.8, 4) is 11.5 Å². The van der Waals surface area contributed by atoms with Crippen molar-refractivity contribution < 1.29 is 19.3 Å². The number of phenolic OH excluding ortho intramolecular Hbond substituents is 1. The Morgan fingerprint density at radius 3 is 2.67 bits per heavy atom. The Hall–Kier alpha value is -1.30. The molecule has 0 amide bonds. The molecule has 0 aliphatic carbocycles. The molecule has 2 N–H and O–H groups in total. The third kappa shape index (κ3) is 4.52. The molecular formula is C13H21NO4. The first-order valence-corrected chi connectivity index (χ1v) is 5.79. The van der Waals surface area contributed by atoms with Crippen LogP contribution in [-0.4, -0.2) is 45.7 Å². The van der Waals surface area contributed by atoms with E-state index in [9.17, 15) is 5.11 Å². The van der Waals surface area contributed by atoms with E-state index in [2.05, 4.69) is 5.32 Å². The summed E-state index contributed by atoms with van der Waals surface area (Å²) >= 11 is 0. The standard InChI is InChI=1S/C13H21NO4/c1-16-9-11(17-2)8-14-7-10-4-5-12(15)13(6-10)18-3/h4-6,11,14-15H,7-9H2,1-3H3. The van der Waals surface area contributed by atoms with Gasteiger partial charge in [0.2, 0.25) is 0 Å². The minimum Gasteiger partial charge on any atom is -0.504 e. The topological polar surface area (TPSA) is 60.0 Å². The maximum absolute atomic E-state index is 9.47. The number of benzene rings is 1. The van der Waals surface area contributed by atoms with Gasteiger partial charge in [0.25, 0.3) is 0 Å². The van der Waals surface area contributed by atoms with Gasteiger partial charge in [-0.25, -0.2) is 0 Å². The summed E-state index contributed by atoms with van der Waals surface area (Å²) in [5, 5.41) is 12.7. The maximum Gasteiger partial charge on any atom is 0.160 e. The van der Waals surface area contributed by atoms with Gasteiger partial charge >= 0.3 is 0 Å². The van der Waals surface area contributed by atoms with Crippen LogP contribution >= 0.6 is 0 Å². The number of nitrogens with one attached hydrogen (secondary N) is 1. The Morgan fingerprint density at radius 1 is 1.28 bits per heavy atom. The quantitative estimate of drug-likeness (QED) is 0.730. The lowest BCUT2D eigenvalue weighted by molar-refractivity contribution is 0.0288. The molecule has 1 unspecified atom stereocenters. The van der Waals surface area contributed by atoms with E-state index in [-0.39, 0.29) is 11.9 Å². The van der Waals surface area contributed by atoms with Crippen molar-refractivity contribution in [3.63, 3.8) is 0 Å². The van der Waals surface area contributed by atoms with Crippen molar-refractivity contribution in [1.82, 2.24) is 5.32 Å². The number of ether oxygens (including phenoxy) is 3. The average Bonchev–Trinajstić information content (AvgIpc) is 2.39. The predicted molar refractivity (Wildman–Crippen MR) is 69.0 cm³/mol. The highest BCUT2D eigenvalue weighted by atomic mass is 16.5. The van der Waals surface area contributed by atoms with Crippen LogP contribution in [0.1, 0.15) is 5.56 Å². The summed E-state index contributed by atoms with van der Waals surface area (Å²) in [5.41, 5.74) is 1.04. The summed E-state index contributed by atoms with van der Waals surface area (Å²) < 4.78 is 15.3. The first kappa shape index (κ1) is 14.8. The van der Waals surface area contributed by atoms with Gasteiger partial charge < -0.3 is 24.6 Å². The number of aromatic hydroxyl groups is 1. The molecule has 0 fully saturated rings. The molecule has 0 aliphatic heterocycles. The molecule has 0 aromatic heterocycles. The lowest BCUT2D eigenvalue weighted by Crippen LogP contribution is -2.31. The van der Waals surface area contributed by atoms with Crippen LogP contribution in [0.4, 0.5) is 0 Å². The highest BCUT2D eigenvalue weighted by molar-refractivity contribution is 5.41. The van der Waals surface area contributed by atoms with Gasteiger partial charge in [-0.3, -0.25) is 0 Å². The van der Waals surface area contributed by atoms with E-state index in [0.29, 0.717) is 25.4 Å². The lowest BCUT2D eigenvalue weighted by Gasteiger charge is -2.15. The third-order valence-corrected chi connectivity index (χ3v) is 2.63. The minimum atomic E-state index is 0.0361. The van der Waals surface area contributed by atoms with Crippen LogP contribution in [-0.2, 0) is 16.0 Å². The maximum atomic E-state index is 9.47. The second-order valence-electron chi connectivity index (χ2n) is 3.95. The molecule has 1 atom stereocenters. The van der Waals surface area contributed by atoms with Gasteiger partial charge in [0.15, 0.2) is 11.5 Å². The normalized spacial score (nSPS) is 12.4. The minimum absolute atomic E-state index is 0.0361. The average molecular weight is 255 g/mol. The van der Waals surface area contributed by atoms with Gasteiger partial charge in [-0.1, -0.05) is 6.07 Å². The van der Waals surface area contributed by atoms with Crippen molar-refractivity contribution in [2.24, 2.45) is 0 Å². The van der Waals surface area contributed by atoms with E-state index in [4.69, 9.17) is 14.2 Å². The monoisotopic (exact) mass is 255 g/mol. The van der Waals surface area contributed by atoms with Crippen LogP contribution < -0.4 is 10.1 Å². The molecule has 0 heterocycles. The van der Waals surface area contributed by atoms with Gasteiger partial charge in [0.1, 0.15) is 0 Å². The number of hydrogen-bond acceptors (Lipinski definition) is 5. The van der Waals surface area contributed by atoms with E-state index in [1.54, 1.807) is 26.4 Å². The van der Waals surface area contributed by atoms with Crippen molar-refractivity contribution in [2.45, 2.75) is 12.6 Å². The fourth-order valence-electron chi connectivity index (χ4n) is 1.61. The second kappa shape index (κ2) is 7.92. The molecule has 0 spiro atoms. The molecule has 0 saturated heterocycles.